The molecule has 0 aliphatic heterocycles. The molecule has 0 aromatic carbocycles. The van der Waals surface area contributed by atoms with Crippen LogP contribution in [-0.2, 0) is 4.79 Å². The Balaban J connectivity index is 3.27. The van der Waals surface area contributed by atoms with Crippen LogP contribution in [0.5, 0.6) is 0 Å². The van der Waals surface area contributed by atoms with Crippen LogP contribution >= 0.6 is 0 Å². The molecule has 0 aromatic heterocycles. The van der Waals surface area contributed by atoms with Crippen molar-refractivity contribution in [3.8, 4) is 0 Å². The molecule has 0 fully saturated rings. The zero-order valence-electron chi connectivity index (χ0n) is 20.0. The van der Waals surface area contributed by atoms with E-state index < -0.39 is 5.97 Å². The number of carboxylic acid groups (broad SMARTS) is 1. The standard InChI is InChI=1S/C26H52O4/c1-2-3-4-5-13-16-19-24(27)22-23-25(28)20-17-14-11-9-7-6-8-10-12-15-18-21-26(29)30/h24-25,27-28H,2-23H2,1H3,(H,29,30). The highest BCUT2D eigenvalue weighted by molar-refractivity contribution is 5.66. The maximum Gasteiger partial charge on any atom is 0.303 e. The van der Waals surface area contributed by atoms with E-state index in [0.29, 0.717) is 6.42 Å². The van der Waals surface area contributed by atoms with E-state index in [-0.39, 0.29) is 12.2 Å². The number of carboxylic acids is 1. The average molecular weight is 429 g/mol. The lowest BCUT2D eigenvalue weighted by Gasteiger charge is -2.14. The van der Waals surface area contributed by atoms with Crippen molar-refractivity contribution in [2.45, 2.75) is 160 Å². The van der Waals surface area contributed by atoms with E-state index in [9.17, 15) is 15.0 Å². The first-order valence-electron chi connectivity index (χ1n) is 13.1. The van der Waals surface area contributed by atoms with Crippen molar-refractivity contribution in [3.05, 3.63) is 0 Å². The van der Waals surface area contributed by atoms with Gasteiger partial charge < -0.3 is 15.3 Å². The Bertz CT molecular complexity index is 359. The Kier molecular flexibility index (Phi) is 22.6. The lowest BCUT2D eigenvalue weighted by atomic mass is 10.00. The summed E-state index contributed by atoms with van der Waals surface area (Å²) in [7, 11) is 0. The number of unbranched alkanes of at least 4 members (excludes halogenated alkanes) is 15. The molecule has 0 aliphatic carbocycles. The van der Waals surface area contributed by atoms with E-state index in [1.165, 1.54) is 83.5 Å². The van der Waals surface area contributed by atoms with Crippen LogP contribution in [0.25, 0.3) is 0 Å². The van der Waals surface area contributed by atoms with Crippen molar-refractivity contribution >= 4 is 5.97 Å². The molecular weight excluding hydrogens is 376 g/mol. The van der Waals surface area contributed by atoms with Crippen LogP contribution in [0.15, 0.2) is 0 Å². The molecule has 30 heavy (non-hydrogen) atoms. The van der Waals surface area contributed by atoms with Crippen LogP contribution in [0.3, 0.4) is 0 Å². The largest absolute Gasteiger partial charge is 0.481 e. The van der Waals surface area contributed by atoms with Gasteiger partial charge in [-0.3, -0.25) is 4.79 Å². The summed E-state index contributed by atoms with van der Waals surface area (Å²) in [5.74, 6) is -0.677. The maximum absolute atomic E-state index is 10.4. The summed E-state index contributed by atoms with van der Waals surface area (Å²) in [6.07, 6.45) is 23.6. The second-order valence-corrected chi connectivity index (χ2v) is 9.26. The molecule has 0 aromatic rings. The van der Waals surface area contributed by atoms with Gasteiger partial charge in [-0.15, -0.1) is 0 Å². The summed E-state index contributed by atoms with van der Waals surface area (Å²) in [4.78, 5) is 10.4. The van der Waals surface area contributed by atoms with Crippen LogP contribution in [0.2, 0.25) is 0 Å². The lowest BCUT2D eigenvalue weighted by Crippen LogP contribution is -2.13. The van der Waals surface area contributed by atoms with Gasteiger partial charge in [-0.1, -0.05) is 110 Å². The second-order valence-electron chi connectivity index (χ2n) is 9.26. The molecule has 4 heteroatoms. The van der Waals surface area contributed by atoms with Gasteiger partial charge >= 0.3 is 5.97 Å². The summed E-state index contributed by atoms with van der Waals surface area (Å²) >= 11 is 0. The van der Waals surface area contributed by atoms with E-state index in [1.54, 1.807) is 0 Å². The summed E-state index contributed by atoms with van der Waals surface area (Å²) < 4.78 is 0. The Labute approximate surface area is 186 Å². The minimum Gasteiger partial charge on any atom is -0.481 e. The smallest absolute Gasteiger partial charge is 0.303 e. The Hall–Kier alpha value is -0.610. The number of aliphatic carboxylic acids is 1. The van der Waals surface area contributed by atoms with Gasteiger partial charge in [-0.2, -0.15) is 0 Å². The van der Waals surface area contributed by atoms with Crippen LogP contribution in [0.1, 0.15) is 148 Å². The zero-order chi connectivity index (χ0) is 22.3. The van der Waals surface area contributed by atoms with Crippen molar-refractivity contribution in [1.82, 2.24) is 0 Å². The SMILES string of the molecule is CCCCCCCCC(O)CCC(O)CCCCCCCCCCCCCC(=O)O. The van der Waals surface area contributed by atoms with Gasteiger partial charge in [0.05, 0.1) is 12.2 Å². The normalized spacial score (nSPS) is 13.4. The first kappa shape index (κ1) is 29.4. The zero-order valence-corrected chi connectivity index (χ0v) is 20.0. The van der Waals surface area contributed by atoms with E-state index in [4.69, 9.17) is 5.11 Å². The van der Waals surface area contributed by atoms with E-state index >= 15 is 0 Å². The van der Waals surface area contributed by atoms with Gasteiger partial charge in [-0.25, -0.2) is 0 Å². The number of aliphatic hydroxyl groups excluding tert-OH is 2. The fourth-order valence-corrected chi connectivity index (χ4v) is 4.08. The van der Waals surface area contributed by atoms with Crippen molar-refractivity contribution < 1.29 is 20.1 Å². The first-order chi connectivity index (χ1) is 14.6. The van der Waals surface area contributed by atoms with Gasteiger partial charge in [-0.05, 0) is 32.1 Å². The molecular formula is C26H52O4. The quantitative estimate of drug-likeness (QED) is 0.140. The number of carbonyl (C=O) groups is 1. The predicted octanol–water partition coefficient (Wildman–Crippen LogP) is 7.39. The lowest BCUT2D eigenvalue weighted by molar-refractivity contribution is -0.137. The first-order valence-corrected chi connectivity index (χ1v) is 13.1. The minimum absolute atomic E-state index is 0.233. The average Bonchev–Trinajstić information content (AvgIpc) is 2.72. The number of hydrogen-bond donors (Lipinski definition) is 3. The molecule has 0 saturated carbocycles. The highest BCUT2D eigenvalue weighted by Gasteiger charge is 2.09. The molecule has 0 rings (SSSR count). The van der Waals surface area contributed by atoms with Gasteiger partial charge in [0, 0.05) is 6.42 Å². The molecule has 0 spiro atoms. The number of rotatable bonds is 24. The third-order valence-corrected chi connectivity index (χ3v) is 6.15. The fraction of sp³-hybridized carbons (Fsp3) is 0.962. The summed E-state index contributed by atoms with van der Waals surface area (Å²) in [5, 5.41) is 28.8. The van der Waals surface area contributed by atoms with E-state index in [0.717, 1.165) is 51.4 Å². The highest BCUT2D eigenvalue weighted by atomic mass is 16.4. The third kappa shape index (κ3) is 23.7. The Morgan fingerprint density at radius 1 is 0.533 bits per heavy atom. The van der Waals surface area contributed by atoms with Gasteiger partial charge in [0.15, 0.2) is 0 Å². The second kappa shape index (κ2) is 23.1. The Morgan fingerprint density at radius 3 is 1.23 bits per heavy atom. The predicted molar refractivity (Wildman–Crippen MR) is 127 cm³/mol. The molecule has 2 unspecified atom stereocenters. The number of hydrogen-bond acceptors (Lipinski definition) is 3. The summed E-state index contributed by atoms with van der Waals surface area (Å²) in [5.41, 5.74) is 0. The van der Waals surface area contributed by atoms with Crippen LogP contribution in [0, 0.1) is 0 Å². The molecule has 180 valence electrons. The molecule has 0 amide bonds. The molecule has 2 atom stereocenters. The van der Waals surface area contributed by atoms with Gasteiger partial charge in [0.25, 0.3) is 0 Å². The van der Waals surface area contributed by atoms with Crippen LogP contribution in [-0.4, -0.2) is 33.5 Å². The molecule has 0 bridgehead atoms. The number of aliphatic hydroxyl groups is 2. The minimum atomic E-state index is -0.677. The summed E-state index contributed by atoms with van der Waals surface area (Å²) in [6.45, 7) is 2.23. The maximum atomic E-state index is 10.4. The topological polar surface area (TPSA) is 77.8 Å². The van der Waals surface area contributed by atoms with Crippen molar-refractivity contribution in [2.24, 2.45) is 0 Å². The molecule has 3 N–H and O–H groups in total. The molecule has 0 aliphatic rings. The third-order valence-electron chi connectivity index (χ3n) is 6.15. The fourth-order valence-electron chi connectivity index (χ4n) is 4.08. The van der Waals surface area contributed by atoms with Crippen LogP contribution in [0.4, 0.5) is 0 Å². The van der Waals surface area contributed by atoms with Crippen molar-refractivity contribution in [1.29, 1.82) is 0 Å². The monoisotopic (exact) mass is 428 g/mol. The molecule has 0 heterocycles. The Morgan fingerprint density at radius 2 is 0.867 bits per heavy atom. The van der Waals surface area contributed by atoms with Gasteiger partial charge in [0.2, 0.25) is 0 Å². The highest BCUT2D eigenvalue weighted by Crippen LogP contribution is 2.16. The van der Waals surface area contributed by atoms with Crippen molar-refractivity contribution in [2.75, 3.05) is 0 Å². The van der Waals surface area contributed by atoms with E-state index in [1.807, 2.05) is 0 Å². The van der Waals surface area contributed by atoms with E-state index in [2.05, 4.69) is 6.92 Å². The molecule has 0 saturated heterocycles. The molecule has 4 nitrogen and oxygen atoms in total. The van der Waals surface area contributed by atoms with Gasteiger partial charge in [0.1, 0.15) is 0 Å². The molecule has 0 radical (unpaired) electrons. The van der Waals surface area contributed by atoms with Crippen molar-refractivity contribution in [3.63, 3.8) is 0 Å². The summed E-state index contributed by atoms with van der Waals surface area (Å²) in [6, 6.07) is 0. The van der Waals surface area contributed by atoms with Crippen LogP contribution < -0.4 is 0 Å².